The molecule has 0 aliphatic rings. The average molecular weight is 1890 g/mol. The van der Waals surface area contributed by atoms with Gasteiger partial charge >= 0.3 is 0 Å². The molecule has 5 heterocycles. The molecule has 576 valence electrons. The summed E-state index contributed by atoms with van der Waals surface area (Å²) in [5.41, 5.74) is 35.5. The molecule has 120 heavy (non-hydrogen) atoms. The zero-order valence-electron chi connectivity index (χ0n) is 65.6. The Morgan fingerprint density at radius 3 is 0.725 bits per heavy atom. The van der Waals surface area contributed by atoms with Gasteiger partial charge in [0.25, 0.3) is 0 Å². The van der Waals surface area contributed by atoms with E-state index in [2.05, 4.69) is 424 Å². The first-order chi connectivity index (χ1) is 58.1. The van der Waals surface area contributed by atoms with Crippen LogP contribution in [-0.4, -0.2) is 28.2 Å². The van der Waals surface area contributed by atoms with E-state index < -0.39 is 0 Å². The van der Waals surface area contributed by atoms with Gasteiger partial charge in [-0.15, -0.1) is 22.3 Å². The number of hydrogen-bond donors (Lipinski definition) is 0. The van der Waals surface area contributed by atoms with E-state index >= 15 is 0 Å². The first-order valence-electron chi connectivity index (χ1n) is 39.3. The van der Waals surface area contributed by atoms with Crippen molar-refractivity contribution >= 4 is 44.1 Å². The van der Waals surface area contributed by atoms with E-state index in [-0.39, 0.29) is 40.2 Å². The average Bonchev–Trinajstić information content (AvgIpc) is 1.51. The smallest absolute Gasteiger partial charge is 0.242 e. The second-order valence-corrected chi connectivity index (χ2v) is 29.8. The molecule has 0 aliphatic heterocycles. The number of nitrogens with zero attached hydrogens (tertiary/aromatic N) is 10. The van der Waals surface area contributed by atoms with Gasteiger partial charge < -0.3 is 46.5 Å². The maximum absolute atomic E-state index is 4.68. The van der Waals surface area contributed by atoms with Crippen molar-refractivity contribution in [2.45, 2.75) is 0 Å². The first-order valence-corrected chi connectivity index (χ1v) is 39.3. The van der Waals surface area contributed by atoms with Crippen LogP contribution in [0, 0.1) is 61.7 Å². The molecule has 0 fully saturated rings. The van der Waals surface area contributed by atoms with Crippen LogP contribution < -0.4 is 18.3 Å². The van der Waals surface area contributed by atoms with E-state index in [1.807, 2.05) is 52.5 Å². The molecule has 0 saturated heterocycles. The molecule has 0 aliphatic carbocycles. The molecule has 0 unspecified atom stereocenters. The van der Waals surface area contributed by atoms with Crippen LogP contribution in [0.4, 0.5) is 0 Å². The molecule has 21 rings (SSSR count). The monoisotopic (exact) mass is 1890 g/mol. The number of aryl methyl sites for hydroxylation is 4. The van der Waals surface area contributed by atoms with Crippen molar-refractivity contribution in [1.29, 1.82) is 0 Å². The van der Waals surface area contributed by atoms with Gasteiger partial charge in [-0.25, -0.2) is 17.7 Å². The summed E-state index contributed by atoms with van der Waals surface area (Å²) in [6.07, 6.45) is 17.6. The summed E-state index contributed by atoms with van der Waals surface area (Å²) in [4.78, 5) is 9.35. The Balaban J connectivity index is 0.00000476. The fourth-order valence-electron chi connectivity index (χ4n) is 17.0. The molecule has 0 atom stereocenters. The molecular weight excluding hydrogens is 1820 g/mol. The maximum atomic E-state index is 4.68. The molecule has 0 N–H and O–H groups in total. The largest absolute Gasteiger partial charge is 0.342 e. The number of benzene rings is 16. The van der Waals surface area contributed by atoms with Crippen LogP contribution in [0.25, 0.3) is 201 Å². The summed E-state index contributed by atoms with van der Waals surface area (Å²) >= 11 is 0. The number of fused-ring (bicyclic) bond motifs is 4. The van der Waals surface area contributed by atoms with Crippen molar-refractivity contribution in [2.75, 3.05) is 0 Å². The van der Waals surface area contributed by atoms with Crippen LogP contribution in [-0.2, 0) is 68.4 Å². The summed E-state index contributed by atoms with van der Waals surface area (Å²) < 4.78 is 16.5. The van der Waals surface area contributed by atoms with Crippen molar-refractivity contribution < 1.29 is 58.5 Å². The normalized spacial score (nSPS) is 11.4. The zero-order valence-corrected chi connectivity index (χ0v) is 70.4. The van der Waals surface area contributed by atoms with Gasteiger partial charge in [0, 0.05) is 52.6 Å². The van der Waals surface area contributed by atoms with Crippen LogP contribution in [0.5, 0.6) is 0 Å². The van der Waals surface area contributed by atoms with Crippen LogP contribution in [0.15, 0.2) is 352 Å². The molecule has 5 aromatic heterocycles. The van der Waals surface area contributed by atoms with Gasteiger partial charge in [0.1, 0.15) is 0 Å². The van der Waals surface area contributed by atoms with E-state index in [0.717, 1.165) is 189 Å². The second kappa shape index (κ2) is 32.0. The molecular formula is C108H70Ir2N10-6. The molecule has 10 nitrogen and oxygen atoms in total. The minimum atomic E-state index is 0. The minimum absolute atomic E-state index is 0. The Morgan fingerprint density at radius 1 is 0.225 bits per heavy atom. The van der Waals surface area contributed by atoms with E-state index in [0.29, 0.717) is 11.4 Å². The van der Waals surface area contributed by atoms with E-state index in [1.54, 1.807) is 12.4 Å². The standard InChI is InChI=1S/C108H70N10.2Ir/c1-111-69-115(103-37-17-13-33-99(103)111)85-53-45-73(46-54-85)89-23-5-9-27-93(89)79-63-80(94-28-10-6-24-90(94)74-47-55-86(56-48-74)116-70-112(2)100-34-14-18-38-104(100)116)66-83(65-79)97-31-21-32-98(107(97)77-41-43-78(44-42-77)108-109-61-22-62-110-108)84-67-81(95-29-11-7-25-91(95)75-49-57-87(58-50-75)117-71-113(3)101-35-15-19-39-105(101)117)64-82(68-84)96-30-12-8-26-92(96)76-51-59-88(60-52-76)118-72-114(4)102-36-16-20-40-106(102)118;;/h5-42,45-53,55,57,59,61-68H,1-4H3;;/q-6;;. The number of para-hydroxylation sites is 8. The van der Waals surface area contributed by atoms with Gasteiger partial charge in [-0.2, -0.15) is 103 Å². The van der Waals surface area contributed by atoms with Gasteiger partial charge in [-0.3, -0.25) is 12.1 Å². The van der Waals surface area contributed by atoms with Crippen molar-refractivity contribution in [1.82, 2.24) is 28.2 Å². The van der Waals surface area contributed by atoms with Crippen molar-refractivity contribution in [2.24, 2.45) is 28.2 Å². The molecule has 0 bridgehead atoms. The molecule has 2 radical (unpaired) electrons. The summed E-state index contributed by atoms with van der Waals surface area (Å²) in [5.74, 6) is 0.540. The number of rotatable bonds is 16. The van der Waals surface area contributed by atoms with Crippen molar-refractivity contribution in [3.05, 3.63) is 414 Å². The van der Waals surface area contributed by atoms with Gasteiger partial charge in [0.05, 0.1) is 72.3 Å². The fraction of sp³-hybridized carbons (Fsp3) is 0.0370. The summed E-state index contributed by atoms with van der Waals surface area (Å²) in [5, 5.41) is 0. The third-order valence-electron chi connectivity index (χ3n) is 22.7. The van der Waals surface area contributed by atoms with Gasteiger partial charge in [0.2, 0.25) is 25.3 Å². The molecule has 0 spiro atoms. The third kappa shape index (κ3) is 13.8. The molecule has 0 saturated carbocycles. The summed E-state index contributed by atoms with van der Waals surface area (Å²) in [7, 11) is 8.13. The topological polar surface area (TPSA) is 61.0 Å². The van der Waals surface area contributed by atoms with Gasteiger partial charge in [-0.05, 0) is 115 Å². The number of hydrogen-bond acceptors (Lipinski definition) is 2. The summed E-state index contributed by atoms with van der Waals surface area (Å²) in [6.45, 7) is 0. The number of imidazole rings is 4. The Labute approximate surface area is 723 Å². The Bertz CT molecular complexity index is 6680. The molecule has 21 aromatic rings. The molecule has 12 heteroatoms. The Hall–Kier alpha value is -14.2. The SMILES string of the molecule is C[n+]1[c-]n(-c2[c-]cc(-c3ccccc3-c3cc(-c4ccccc4-c4c[c-]c(-n5[c-][n+](C)c6ccccc65)cc4)cc(-c4cccc(-c5cc(-c6ccccc6-c6c[c-]c(-n7[c-][n+](C)c8ccccc87)cc6)cc(-c6ccccc6-c6c[c-]c(-n7[c-][n+](C)c8ccccc87)cc6)c5)c4-c4c[c-]c(-c5ncccn5)[c-]c4)c3)cc2)c2ccccc21.[Ir].[Ir]. The first kappa shape index (κ1) is 75.8. The van der Waals surface area contributed by atoms with Gasteiger partial charge in [0.15, 0.2) is 0 Å². The van der Waals surface area contributed by atoms with Gasteiger partial charge in [-0.1, -0.05) is 263 Å². The van der Waals surface area contributed by atoms with Crippen LogP contribution >= 0.6 is 0 Å². The number of aromatic nitrogens is 10. The van der Waals surface area contributed by atoms with E-state index in [4.69, 9.17) is 0 Å². The van der Waals surface area contributed by atoms with E-state index in [1.165, 1.54) is 0 Å². The minimum Gasteiger partial charge on any atom is -0.342 e. The third-order valence-corrected chi connectivity index (χ3v) is 22.7. The Morgan fingerprint density at radius 2 is 0.458 bits per heavy atom. The van der Waals surface area contributed by atoms with Crippen LogP contribution in [0.3, 0.4) is 0 Å². The predicted octanol–water partition coefficient (Wildman–Crippen LogP) is 21.6. The summed E-state index contributed by atoms with van der Waals surface area (Å²) in [6, 6.07) is 143. The maximum Gasteiger partial charge on any atom is 0.242 e. The predicted molar refractivity (Wildman–Crippen MR) is 468 cm³/mol. The van der Waals surface area contributed by atoms with Crippen molar-refractivity contribution in [3.8, 4) is 157 Å². The van der Waals surface area contributed by atoms with Crippen LogP contribution in [0.2, 0.25) is 0 Å². The fourth-order valence-corrected chi connectivity index (χ4v) is 17.0. The Kier molecular flexibility index (Phi) is 20.2. The molecule has 0 amide bonds. The second-order valence-electron chi connectivity index (χ2n) is 29.8. The quantitative estimate of drug-likeness (QED) is 0.0715. The van der Waals surface area contributed by atoms with Crippen molar-refractivity contribution in [3.63, 3.8) is 0 Å². The molecule has 16 aromatic carbocycles. The zero-order chi connectivity index (χ0) is 78.9. The van der Waals surface area contributed by atoms with E-state index in [9.17, 15) is 0 Å². The van der Waals surface area contributed by atoms with Crippen LogP contribution in [0.1, 0.15) is 0 Å².